The first-order valence-electron chi connectivity index (χ1n) is 7.64. The Kier molecular flexibility index (Phi) is 5.73. The Morgan fingerprint density at radius 1 is 1.17 bits per heavy atom. The first-order valence-corrected chi connectivity index (χ1v) is 9.08. The molecule has 0 aliphatic rings. The molecule has 0 amide bonds. The Hall–Kier alpha value is -2.20. The third-order valence-electron chi connectivity index (χ3n) is 3.82. The van der Waals surface area contributed by atoms with Gasteiger partial charge in [0.1, 0.15) is 6.07 Å². The van der Waals surface area contributed by atoms with E-state index in [4.69, 9.17) is 5.26 Å². The van der Waals surface area contributed by atoms with Gasteiger partial charge >= 0.3 is 0 Å². The number of nitrogens with zero attached hydrogens (tertiary/aromatic N) is 2. The molecule has 0 unspecified atom stereocenters. The van der Waals surface area contributed by atoms with E-state index >= 15 is 0 Å². The van der Waals surface area contributed by atoms with Crippen molar-refractivity contribution in [1.29, 1.82) is 5.26 Å². The van der Waals surface area contributed by atoms with Crippen LogP contribution >= 0.6 is 0 Å². The van der Waals surface area contributed by atoms with E-state index in [9.17, 15) is 13.5 Å². The number of rotatable bonds is 6. The quantitative estimate of drug-likeness (QED) is 0.873. The third kappa shape index (κ3) is 3.82. The minimum atomic E-state index is -3.85. The smallest absolute Gasteiger partial charge is 0.244 e. The van der Waals surface area contributed by atoms with Crippen LogP contribution in [-0.2, 0) is 10.0 Å². The Morgan fingerprint density at radius 2 is 1.79 bits per heavy atom. The Bertz CT molecular complexity index is 839. The average molecular weight is 344 g/mol. The number of likely N-dealkylation sites (N-methyl/N-ethyl adjacent to an activating group) is 1. The first kappa shape index (κ1) is 18.1. The van der Waals surface area contributed by atoms with Gasteiger partial charge in [-0.3, -0.25) is 0 Å². The van der Waals surface area contributed by atoms with Crippen LogP contribution in [0.15, 0.2) is 53.4 Å². The van der Waals surface area contributed by atoms with Crippen molar-refractivity contribution in [3.63, 3.8) is 0 Å². The standard InChI is InChI=1S/C18H20N2O3S/c1-3-20(13-17(21)15-10-8-14(2)9-11-15)24(22,23)18-7-5-4-6-16(18)12-19/h4-11,17,21H,3,13H2,1-2H3/t17-/m0/s1. The molecule has 24 heavy (non-hydrogen) atoms. The zero-order valence-corrected chi connectivity index (χ0v) is 14.5. The normalized spacial score (nSPS) is 12.8. The van der Waals surface area contributed by atoms with Crippen LogP contribution < -0.4 is 0 Å². The molecule has 126 valence electrons. The monoisotopic (exact) mass is 344 g/mol. The number of nitriles is 1. The van der Waals surface area contributed by atoms with Crippen molar-refractivity contribution >= 4 is 10.0 Å². The van der Waals surface area contributed by atoms with E-state index < -0.39 is 16.1 Å². The fourth-order valence-electron chi connectivity index (χ4n) is 2.41. The fourth-order valence-corrected chi connectivity index (χ4v) is 4.00. The van der Waals surface area contributed by atoms with Crippen LogP contribution in [0.1, 0.15) is 29.7 Å². The van der Waals surface area contributed by atoms with Crippen molar-refractivity contribution in [2.45, 2.75) is 24.8 Å². The number of aliphatic hydroxyl groups excluding tert-OH is 1. The van der Waals surface area contributed by atoms with Gasteiger partial charge < -0.3 is 5.11 Å². The summed E-state index contributed by atoms with van der Waals surface area (Å²) in [6.07, 6.45) is -0.936. The van der Waals surface area contributed by atoms with E-state index in [0.29, 0.717) is 5.56 Å². The van der Waals surface area contributed by atoms with Gasteiger partial charge in [0.05, 0.1) is 16.6 Å². The van der Waals surface area contributed by atoms with Gasteiger partial charge in [-0.2, -0.15) is 9.57 Å². The van der Waals surface area contributed by atoms with Crippen molar-refractivity contribution in [3.05, 3.63) is 65.2 Å². The van der Waals surface area contributed by atoms with E-state index in [1.165, 1.54) is 16.4 Å². The van der Waals surface area contributed by atoms with Crippen molar-refractivity contribution in [3.8, 4) is 6.07 Å². The first-order chi connectivity index (χ1) is 11.4. The second kappa shape index (κ2) is 7.58. The molecule has 2 aromatic rings. The molecule has 6 heteroatoms. The largest absolute Gasteiger partial charge is 0.387 e. The summed E-state index contributed by atoms with van der Waals surface area (Å²) in [5.74, 6) is 0. The predicted octanol–water partition coefficient (Wildman–Crippen LogP) is 2.61. The molecule has 1 atom stereocenters. The van der Waals surface area contributed by atoms with Gasteiger partial charge in [0.2, 0.25) is 10.0 Å². The van der Waals surface area contributed by atoms with Crippen molar-refractivity contribution < 1.29 is 13.5 Å². The molecular weight excluding hydrogens is 324 g/mol. The lowest BCUT2D eigenvalue weighted by molar-refractivity contribution is 0.149. The molecular formula is C18H20N2O3S. The number of sulfonamides is 1. The van der Waals surface area contributed by atoms with Gasteiger partial charge in [-0.25, -0.2) is 8.42 Å². The van der Waals surface area contributed by atoms with Crippen LogP contribution in [0.25, 0.3) is 0 Å². The molecule has 0 spiro atoms. The van der Waals surface area contributed by atoms with E-state index in [0.717, 1.165) is 5.56 Å². The van der Waals surface area contributed by atoms with E-state index in [1.54, 1.807) is 31.2 Å². The molecule has 2 rings (SSSR count). The number of aryl methyl sites for hydroxylation is 1. The number of benzene rings is 2. The molecule has 5 nitrogen and oxygen atoms in total. The number of aliphatic hydroxyl groups is 1. The number of hydrogen-bond donors (Lipinski definition) is 1. The molecule has 0 saturated heterocycles. The van der Waals surface area contributed by atoms with Crippen LogP contribution in [0.5, 0.6) is 0 Å². The lowest BCUT2D eigenvalue weighted by Gasteiger charge is -2.24. The maximum atomic E-state index is 12.8. The number of hydrogen-bond acceptors (Lipinski definition) is 4. The Morgan fingerprint density at radius 3 is 2.38 bits per heavy atom. The summed E-state index contributed by atoms with van der Waals surface area (Å²) in [5.41, 5.74) is 1.82. The molecule has 0 aromatic heterocycles. The highest BCUT2D eigenvalue weighted by Crippen LogP contribution is 2.23. The summed E-state index contributed by atoms with van der Waals surface area (Å²) >= 11 is 0. The second-order valence-corrected chi connectivity index (χ2v) is 7.40. The van der Waals surface area contributed by atoms with Gasteiger partial charge in [0, 0.05) is 13.1 Å². The molecule has 0 radical (unpaired) electrons. The van der Waals surface area contributed by atoms with Gasteiger partial charge in [0.15, 0.2) is 0 Å². The van der Waals surface area contributed by atoms with Crippen molar-refractivity contribution in [2.24, 2.45) is 0 Å². The molecule has 0 fully saturated rings. The SMILES string of the molecule is CCN(C[C@H](O)c1ccc(C)cc1)S(=O)(=O)c1ccccc1C#N. The molecule has 0 bridgehead atoms. The van der Waals surface area contributed by atoms with Crippen LogP contribution in [0, 0.1) is 18.3 Å². The molecule has 2 aromatic carbocycles. The maximum Gasteiger partial charge on any atom is 0.244 e. The van der Waals surface area contributed by atoms with Gasteiger partial charge in [-0.15, -0.1) is 0 Å². The minimum Gasteiger partial charge on any atom is -0.387 e. The zero-order valence-electron chi connectivity index (χ0n) is 13.7. The second-order valence-electron chi connectivity index (χ2n) is 5.49. The van der Waals surface area contributed by atoms with Gasteiger partial charge in [0.25, 0.3) is 0 Å². The lowest BCUT2D eigenvalue weighted by Crippen LogP contribution is -2.35. The minimum absolute atomic E-state index is 0.0366. The van der Waals surface area contributed by atoms with E-state index in [-0.39, 0.29) is 23.5 Å². The van der Waals surface area contributed by atoms with Crippen molar-refractivity contribution in [1.82, 2.24) is 4.31 Å². The Balaban J connectivity index is 2.30. The molecule has 0 aliphatic carbocycles. The summed E-state index contributed by atoms with van der Waals surface area (Å²) < 4.78 is 26.8. The Labute approximate surface area is 142 Å². The highest BCUT2D eigenvalue weighted by molar-refractivity contribution is 7.89. The van der Waals surface area contributed by atoms with Crippen LogP contribution in [0.3, 0.4) is 0 Å². The molecule has 0 saturated carbocycles. The van der Waals surface area contributed by atoms with Crippen LogP contribution in [-0.4, -0.2) is 30.9 Å². The van der Waals surface area contributed by atoms with E-state index in [1.807, 2.05) is 25.1 Å². The summed E-state index contributed by atoms with van der Waals surface area (Å²) in [4.78, 5) is -0.0366. The van der Waals surface area contributed by atoms with Gasteiger partial charge in [-0.1, -0.05) is 48.9 Å². The highest BCUT2D eigenvalue weighted by atomic mass is 32.2. The molecule has 0 aliphatic heterocycles. The predicted molar refractivity (Wildman–Crippen MR) is 91.7 cm³/mol. The van der Waals surface area contributed by atoms with Crippen LogP contribution in [0.4, 0.5) is 0 Å². The fraction of sp³-hybridized carbons (Fsp3) is 0.278. The van der Waals surface area contributed by atoms with Crippen LogP contribution in [0.2, 0.25) is 0 Å². The summed E-state index contributed by atoms with van der Waals surface area (Å²) in [5, 5.41) is 19.5. The van der Waals surface area contributed by atoms with Crippen molar-refractivity contribution in [2.75, 3.05) is 13.1 Å². The third-order valence-corrected chi connectivity index (χ3v) is 5.82. The average Bonchev–Trinajstić information content (AvgIpc) is 2.59. The topological polar surface area (TPSA) is 81.4 Å². The van der Waals surface area contributed by atoms with Gasteiger partial charge in [-0.05, 0) is 24.6 Å². The molecule has 1 N–H and O–H groups in total. The lowest BCUT2D eigenvalue weighted by atomic mass is 10.1. The van der Waals surface area contributed by atoms with E-state index in [2.05, 4.69) is 0 Å². The zero-order chi connectivity index (χ0) is 17.7. The summed E-state index contributed by atoms with van der Waals surface area (Å²) in [7, 11) is -3.85. The maximum absolute atomic E-state index is 12.8. The highest BCUT2D eigenvalue weighted by Gasteiger charge is 2.27. The summed E-state index contributed by atoms with van der Waals surface area (Å²) in [6, 6.07) is 15.3. The summed E-state index contributed by atoms with van der Waals surface area (Å²) in [6.45, 7) is 3.78. The molecule has 0 heterocycles.